The van der Waals surface area contributed by atoms with Crippen molar-refractivity contribution in [2.24, 2.45) is 45.8 Å². The van der Waals surface area contributed by atoms with E-state index in [0.717, 1.165) is 37.0 Å². The molecule has 9 atom stereocenters. The third kappa shape index (κ3) is 4.99. The van der Waals surface area contributed by atoms with Crippen LogP contribution >= 0.6 is 0 Å². The van der Waals surface area contributed by atoms with E-state index in [2.05, 4.69) is 74.2 Å². The molecule has 4 rings (SSSR count). The van der Waals surface area contributed by atoms with Gasteiger partial charge in [0.25, 0.3) is 0 Å². The highest BCUT2D eigenvalue weighted by Crippen LogP contribution is 2.68. The fourth-order valence-electron chi connectivity index (χ4n) is 9.83. The van der Waals surface area contributed by atoms with Crippen molar-refractivity contribution >= 4 is 9.04 Å². The van der Waals surface area contributed by atoms with E-state index in [1.54, 1.807) is 5.57 Å². The molecule has 0 spiro atoms. The molecule has 0 aromatic heterocycles. The maximum atomic E-state index is 11.8. The maximum Gasteiger partial charge on any atom is 0.171 e. The van der Waals surface area contributed by atoms with Gasteiger partial charge in [-0.3, -0.25) is 0 Å². The summed E-state index contributed by atoms with van der Waals surface area (Å²) < 4.78 is 6.96. The zero-order valence-corrected chi connectivity index (χ0v) is 26.4. The van der Waals surface area contributed by atoms with Crippen LogP contribution in [0.5, 0.6) is 0 Å². The average molecular weight is 515 g/mol. The Labute approximate surface area is 225 Å². The molecule has 0 aromatic rings. The Morgan fingerprint density at radius 3 is 2.44 bits per heavy atom. The van der Waals surface area contributed by atoms with Crippen molar-refractivity contribution < 1.29 is 9.53 Å². The Bertz CT molecular complexity index is 850. The molecular formula is C33H58O2Si. The molecule has 2 nitrogen and oxygen atoms in total. The minimum Gasteiger partial charge on any atom is -0.417 e. The predicted molar refractivity (Wildman–Crippen MR) is 157 cm³/mol. The molecule has 0 heterocycles. The van der Waals surface area contributed by atoms with E-state index >= 15 is 0 Å². The predicted octanol–water partition coefficient (Wildman–Crippen LogP) is 8.70. The van der Waals surface area contributed by atoms with E-state index in [1.807, 2.05) is 0 Å². The molecule has 1 unspecified atom stereocenters. The third-order valence-electron chi connectivity index (χ3n) is 11.9. The first kappa shape index (κ1) is 28.6. The summed E-state index contributed by atoms with van der Waals surface area (Å²) in [5.41, 5.74) is 3.21. The third-order valence-corrected chi connectivity index (χ3v) is 12.7. The van der Waals surface area contributed by atoms with Crippen molar-refractivity contribution in [2.45, 2.75) is 137 Å². The lowest BCUT2D eigenvalue weighted by Crippen LogP contribution is -2.57. The standard InChI is InChI=1S/C33H58O2Si/c1-22(2)12-11-18-32(7,34)28-16-15-26-25-14-13-23-20-24(30(3,4)5)21-29(35-36(9)10)33(23,8)27(25)17-19-31(26,28)6/h13,24-29,34,36H,1,11-12,14-21H2,2-10H3/t24-,25-,26-,27-,28-,29?,31-,32-,33-/m0/s1. The summed E-state index contributed by atoms with van der Waals surface area (Å²) in [5.74, 6) is 3.36. The molecule has 1 N–H and O–H groups in total. The summed E-state index contributed by atoms with van der Waals surface area (Å²) in [7, 11) is -1.14. The van der Waals surface area contributed by atoms with Gasteiger partial charge in [0.2, 0.25) is 0 Å². The lowest BCUT2D eigenvalue weighted by Gasteiger charge is -2.62. The van der Waals surface area contributed by atoms with E-state index in [9.17, 15) is 5.11 Å². The lowest BCUT2D eigenvalue weighted by molar-refractivity contribution is -0.122. The molecular weight excluding hydrogens is 456 g/mol. The minimum atomic E-state index is -1.14. The Balaban J connectivity index is 1.60. The quantitative estimate of drug-likeness (QED) is 0.272. The molecule has 0 saturated heterocycles. The van der Waals surface area contributed by atoms with E-state index in [-0.39, 0.29) is 10.8 Å². The Morgan fingerprint density at radius 2 is 1.83 bits per heavy atom. The molecule has 4 aliphatic rings. The highest BCUT2D eigenvalue weighted by Gasteiger charge is 2.63. The number of hydrogen-bond acceptors (Lipinski definition) is 2. The first-order chi connectivity index (χ1) is 16.6. The van der Waals surface area contributed by atoms with Gasteiger partial charge in [-0.1, -0.05) is 51.8 Å². The number of rotatable bonds is 7. The van der Waals surface area contributed by atoms with Gasteiger partial charge < -0.3 is 9.53 Å². The highest BCUT2D eigenvalue weighted by atomic mass is 28.3. The summed E-state index contributed by atoms with van der Waals surface area (Å²) in [6.45, 7) is 25.6. The van der Waals surface area contributed by atoms with Crippen LogP contribution in [-0.2, 0) is 4.43 Å². The number of hydrogen-bond donors (Lipinski definition) is 1. The van der Waals surface area contributed by atoms with Crippen LogP contribution in [0.15, 0.2) is 23.8 Å². The van der Waals surface area contributed by atoms with Crippen LogP contribution in [-0.4, -0.2) is 25.9 Å². The first-order valence-electron chi connectivity index (χ1n) is 15.3. The second-order valence-corrected chi connectivity index (χ2v) is 18.0. The Kier molecular flexibility index (Phi) is 7.93. The molecule has 3 fully saturated rings. The monoisotopic (exact) mass is 514 g/mol. The number of aliphatic hydroxyl groups is 1. The summed E-state index contributed by atoms with van der Waals surface area (Å²) in [5, 5.41) is 11.8. The van der Waals surface area contributed by atoms with Gasteiger partial charge >= 0.3 is 0 Å². The number of allylic oxidation sites excluding steroid dienone is 2. The second kappa shape index (κ2) is 9.98. The summed E-state index contributed by atoms with van der Waals surface area (Å²) in [6.07, 6.45) is 14.9. The fraction of sp³-hybridized carbons (Fsp3) is 0.879. The minimum absolute atomic E-state index is 0.200. The van der Waals surface area contributed by atoms with Crippen LogP contribution in [0.1, 0.15) is 113 Å². The topological polar surface area (TPSA) is 29.5 Å². The summed E-state index contributed by atoms with van der Waals surface area (Å²) in [4.78, 5) is 0. The summed E-state index contributed by atoms with van der Waals surface area (Å²) >= 11 is 0. The molecule has 4 aliphatic carbocycles. The zero-order valence-electron chi connectivity index (χ0n) is 25.3. The smallest absolute Gasteiger partial charge is 0.171 e. The SMILES string of the molecule is C=C(C)CCC[C@](C)(O)[C@H]1CC[C@H]2[C@@H]3CC=C4C[C@H](C(C)(C)C)CC(O[SiH](C)C)[C@]4(C)[C@H]3CC[C@@]21C. The van der Waals surface area contributed by atoms with Crippen molar-refractivity contribution in [3.63, 3.8) is 0 Å². The van der Waals surface area contributed by atoms with Crippen LogP contribution < -0.4 is 0 Å². The van der Waals surface area contributed by atoms with Crippen molar-refractivity contribution in [3.05, 3.63) is 23.8 Å². The van der Waals surface area contributed by atoms with Crippen molar-refractivity contribution in [1.29, 1.82) is 0 Å². The van der Waals surface area contributed by atoms with Crippen LogP contribution in [0.25, 0.3) is 0 Å². The van der Waals surface area contributed by atoms with Gasteiger partial charge in [0.05, 0.1) is 11.7 Å². The van der Waals surface area contributed by atoms with Crippen molar-refractivity contribution in [3.8, 4) is 0 Å². The summed E-state index contributed by atoms with van der Waals surface area (Å²) in [6, 6.07) is 0. The fourth-order valence-corrected chi connectivity index (χ4v) is 10.9. The van der Waals surface area contributed by atoms with E-state index in [4.69, 9.17) is 4.43 Å². The molecule has 0 amide bonds. The van der Waals surface area contributed by atoms with Crippen LogP contribution in [0.3, 0.4) is 0 Å². The first-order valence-corrected chi connectivity index (χ1v) is 18.1. The van der Waals surface area contributed by atoms with Crippen molar-refractivity contribution in [2.75, 3.05) is 0 Å². The van der Waals surface area contributed by atoms with Crippen LogP contribution in [0.4, 0.5) is 0 Å². The van der Waals surface area contributed by atoms with E-state index < -0.39 is 14.6 Å². The van der Waals surface area contributed by atoms with Gasteiger partial charge in [-0.15, -0.1) is 6.58 Å². The van der Waals surface area contributed by atoms with Gasteiger partial charge in [-0.25, -0.2) is 0 Å². The molecule has 3 heteroatoms. The van der Waals surface area contributed by atoms with E-state index in [1.165, 1.54) is 50.5 Å². The highest BCUT2D eigenvalue weighted by molar-refractivity contribution is 6.48. The van der Waals surface area contributed by atoms with Gasteiger partial charge in [0.15, 0.2) is 9.04 Å². The normalized spacial score (nSPS) is 42.2. The average Bonchev–Trinajstić information content (AvgIpc) is 3.10. The van der Waals surface area contributed by atoms with Gasteiger partial charge in [0.1, 0.15) is 0 Å². The molecule has 0 aromatic carbocycles. The van der Waals surface area contributed by atoms with Crippen LogP contribution in [0, 0.1) is 45.8 Å². The van der Waals surface area contributed by atoms with Gasteiger partial charge in [-0.2, -0.15) is 0 Å². The van der Waals surface area contributed by atoms with Gasteiger partial charge in [-0.05, 0) is 132 Å². The molecule has 36 heavy (non-hydrogen) atoms. The molecule has 0 bridgehead atoms. The zero-order chi connectivity index (χ0) is 26.7. The maximum absolute atomic E-state index is 11.8. The van der Waals surface area contributed by atoms with Crippen molar-refractivity contribution in [1.82, 2.24) is 0 Å². The second-order valence-electron chi connectivity index (χ2n) is 15.6. The Hall–Kier alpha value is -0.383. The molecule has 3 saturated carbocycles. The lowest BCUT2D eigenvalue weighted by atomic mass is 9.45. The number of fused-ring (bicyclic) bond motifs is 5. The largest absolute Gasteiger partial charge is 0.417 e. The Morgan fingerprint density at radius 1 is 1.14 bits per heavy atom. The van der Waals surface area contributed by atoms with Crippen LogP contribution in [0.2, 0.25) is 13.1 Å². The van der Waals surface area contributed by atoms with E-state index in [0.29, 0.717) is 23.4 Å². The van der Waals surface area contributed by atoms with Gasteiger partial charge in [0, 0.05) is 5.41 Å². The molecule has 0 aliphatic heterocycles. The molecule has 0 radical (unpaired) electrons. The molecule has 206 valence electrons.